The third-order valence-corrected chi connectivity index (χ3v) is 4.86. The highest BCUT2D eigenvalue weighted by Crippen LogP contribution is 2.31. The number of carbonyl (C=O) groups is 1. The normalized spacial score (nSPS) is 12.8. The number of thioether (sulfide) groups is 1. The van der Waals surface area contributed by atoms with Crippen LogP contribution in [0.15, 0.2) is 41.7 Å². The number of nitrogens with one attached hydrogen (secondary N) is 1. The molecule has 9 heteroatoms. The number of nitrogens with two attached hydrogens (primary N) is 1. The van der Waals surface area contributed by atoms with Crippen LogP contribution in [-0.2, 0) is 5.54 Å². The van der Waals surface area contributed by atoms with E-state index in [4.69, 9.17) is 10.5 Å². The summed E-state index contributed by atoms with van der Waals surface area (Å²) in [5.74, 6) is 1.17. The lowest BCUT2D eigenvalue weighted by Crippen LogP contribution is -2.21. The van der Waals surface area contributed by atoms with Crippen LogP contribution in [0.3, 0.4) is 0 Å². The van der Waals surface area contributed by atoms with Crippen LogP contribution >= 0.6 is 11.8 Å². The van der Waals surface area contributed by atoms with Crippen molar-refractivity contribution >= 4 is 30.1 Å². The second-order valence-electron chi connectivity index (χ2n) is 6.07. The minimum atomic E-state index is -0.621. The maximum Gasteiger partial charge on any atom is 0.275 e. The average molecular weight is 405 g/mol. The highest BCUT2D eigenvalue weighted by Gasteiger charge is 2.24. The van der Waals surface area contributed by atoms with Crippen LogP contribution < -0.4 is 15.8 Å². The zero-order chi connectivity index (χ0) is 20.4. The Labute approximate surface area is 168 Å². The lowest BCUT2D eigenvalue weighted by molar-refractivity contribution is 0.102. The number of anilines is 1. The Hall–Kier alpha value is -2.52. The molecule has 0 saturated heterocycles. The number of aromatic nitrogens is 2. The predicted molar refractivity (Wildman–Crippen MR) is 111 cm³/mol. The molecule has 3 N–H and O–H groups in total. The Kier molecular flexibility index (Phi) is 8.34. The lowest BCUT2D eigenvalue weighted by Gasteiger charge is -2.25. The van der Waals surface area contributed by atoms with Crippen molar-refractivity contribution in [3.8, 4) is 5.88 Å². The lowest BCUT2D eigenvalue weighted by atomic mass is 9.90. The molecule has 0 bridgehead atoms. The molecule has 28 heavy (non-hydrogen) atoms. The number of hydrogen-bond donors (Lipinski definition) is 2. The smallest absolute Gasteiger partial charge is 0.275 e. The van der Waals surface area contributed by atoms with E-state index in [1.807, 2.05) is 25.1 Å². The quantitative estimate of drug-likeness (QED) is 0.338. The van der Waals surface area contributed by atoms with Crippen molar-refractivity contribution in [2.45, 2.75) is 18.9 Å². The highest BCUT2D eigenvalue weighted by atomic mass is 32.2. The summed E-state index contributed by atoms with van der Waals surface area (Å²) in [6.45, 7) is 5.00. The number of alkyl halides is 1. The SMILES string of the molecule is C=NC(C)(CCSCN)c1cccc(NC(=O)c2cnc(OCCF)cn2)c1. The molecule has 1 heterocycles. The van der Waals surface area contributed by atoms with E-state index in [1.54, 1.807) is 17.8 Å². The molecule has 2 aromatic rings. The van der Waals surface area contributed by atoms with E-state index >= 15 is 0 Å². The Morgan fingerprint density at radius 2 is 2.25 bits per heavy atom. The van der Waals surface area contributed by atoms with Crippen LogP contribution in [0, 0.1) is 0 Å². The van der Waals surface area contributed by atoms with Crippen LogP contribution in [0.4, 0.5) is 10.1 Å². The average Bonchev–Trinajstić information content (AvgIpc) is 2.72. The van der Waals surface area contributed by atoms with Gasteiger partial charge in [-0.15, -0.1) is 11.8 Å². The zero-order valence-electron chi connectivity index (χ0n) is 15.7. The van der Waals surface area contributed by atoms with Gasteiger partial charge in [0.1, 0.15) is 19.0 Å². The Morgan fingerprint density at radius 1 is 1.43 bits per heavy atom. The number of benzene rings is 1. The van der Waals surface area contributed by atoms with Crippen molar-refractivity contribution < 1.29 is 13.9 Å². The number of nitrogens with zero attached hydrogens (tertiary/aromatic N) is 3. The van der Waals surface area contributed by atoms with Gasteiger partial charge in [-0.05, 0) is 43.5 Å². The van der Waals surface area contributed by atoms with E-state index in [0.29, 0.717) is 11.6 Å². The molecular formula is C19H24FN5O2S. The van der Waals surface area contributed by atoms with Crippen molar-refractivity contribution in [1.82, 2.24) is 9.97 Å². The van der Waals surface area contributed by atoms with Crippen LogP contribution in [0.1, 0.15) is 29.4 Å². The summed E-state index contributed by atoms with van der Waals surface area (Å²) in [5.41, 5.74) is 6.75. The summed E-state index contributed by atoms with van der Waals surface area (Å²) in [5, 5.41) is 2.80. The number of rotatable bonds is 11. The number of aliphatic imine (C=N–C) groups is 1. The number of ether oxygens (including phenoxy) is 1. The van der Waals surface area contributed by atoms with Crippen molar-refractivity contribution in [3.05, 3.63) is 47.9 Å². The van der Waals surface area contributed by atoms with Gasteiger partial charge in [0.15, 0.2) is 0 Å². The first-order valence-corrected chi connectivity index (χ1v) is 9.86. The van der Waals surface area contributed by atoms with Gasteiger partial charge in [0.25, 0.3) is 5.91 Å². The van der Waals surface area contributed by atoms with Crippen molar-refractivity contribution in [3.63, 3.8) is 0 Å². The summed E-state index contributed by atoms with van der Waals surface area (Å²) < 4.78 is 17.1. The van der Waals surface area contributed by atoms with E-state index in [-0.39, 0.29) is 18.2 Å². The van der Waals surface area contributed by atoms with Crippen molar-refractivity contribution in [2.24, 2.45) is 10.7 Å². The third-order valence-electron chi connectivity index (χ3n) is 4.13. The van der Waals surface area contributed by atoms with Crippen LogP contribution in [0.25, 0.3) is 0 Å². The minimum Gasteiger partial charge on any atom is -0.474 e. The molecule has 0 radical (unpaired) electrons. The molecule has 0 saturated carbocycles. The zero-order valence-corrected chi connectivity index (χ0v) is 16.5. The van der Waals surface area contributed by atoms with Gasteiger partial charge in [-0.25, -0.2) is 14.4 Å². The molecular weight excluding hydrogens is 381 g/mol. The van der Waals surface area contributed by atoms with Gasteiger partial charge in [0.05, 0.1) is 17.9 Å². The standard InChI is InChI=1S/C19H24FN5O2S/c1-19(22-2,6-9-28-13-21)14-4-3-5-15(10-14)25-18(26)16-11-24-17(12-23-16)27-8-7-20/h3-5,10-12H,2,6-9,13,21H2,1H3,(H,25,26). The number of hydrogen-bond acceptors (Lipinski definition) is 7. The van der Waals surface area contributed by atoms with Gasteiger partial charge in [0.2, 0.25) is 5.88 Å². The summed E-state index contributed by atoms with van der Waals surface area (Å²) in [4.78, 5) is 24.7. The Bertz CT molecular complexity index is 790. The summed E-state index contributed by atoms with van der Waals surface area (Å²) in [7, 11) is 0. The summed E-state index contributed by atoms with van der Waals surface area (Å²) in [6, 6.07) is 7.45. The molecule has 1 amide bonds. The minimum absolute atomic E-state index is 0.104. The Morgan fingerprint density at radius 3 is 2.89 bits per heavy atom. The second kappa shape index (κ2) is 10.7. The fourth-order valence-electron chi connectivity index (χ4n) is 2.45. The van der Waals surface area contributed by atoms with E-state index < -0.39 is 18.1 Å². The topological polar surface area (TPSA) is 102 Å². The molecule has 1 aromatic heterocycles. The molecule has 0 aliphatic carbocycles. The van der Waals surface area contributed by atoms with Crippen molar-refractivity contribution in [1.29, 1.82) is 0 Å². The fourth-order valence-corrected chi connectivity index (χ4v) is 3.16. The number of amides is 1. The summed E-state index contributed by atoms with van der Waals surface area (Å²) >= 11 is 1.64. The molecule has 1 atom stereocenters. The van der Waals surface area contributed by atoms with E-state index in [2.05, 4.69) is 27.0 Å². The summed E-state index contributed by atoms with van der Waals surface area (Å²) in [6.07, 6.45) is 3.35. The molecule has 150 valence electrons. The molecule has 0 aliphatic heterocycles. The molecule has 0 fully saturated rings. The van der Waals surface area contributed by atoms with E-state index in [0.717, 1.165) is 17.7 Å². The number of halogens is 1. The van der Waals surface area contributed by atoms with Gasteiger partial charge in [-0.1, -0.05) is 12.1 Å². The maximum absolute atomic E-state index is 12.4. The first-order chi connectivity index (χ1) is 13.5. The molecule has 1 aromatic carbocycles. The van der Waals surface area contributed by atoms with Gasteiger partial charge in [-0.3, -0.25) is 9.79 Å². The van der Waals surface area contributed by atoms with Crippen LogP contribution in [0.5, 0.6) is 5.88 Å². The van der Waals surface area contributed by atoms with Crippen LogP contribution in [-0.4, -0.2) is 47.5 Å². The second-order valence-corrected chi connectivity index (χ2v) is 7.22. The van der Waals surface area contributed by atoms with Crippen molar-refractivity contribution in [2.75, 3.05) is 30.2 Å². The largest absolute Gasteiger partial charge is 0.474 e. The molecule has 7 nitrogen and oxygen atoms in total. The van der Waals surface area contributed by atoms with Gasteiger partial charge in [-0.2, -0.15) is 0 Å². The first-order valence-electron chi connectivity index (χ1n) is 8.71. The molecule has 0 spiro atoms. The van der Waals surface area contributed by atoms with Gasteiger partial charge >= 0.3 is 0 Å². The van der Waals surface area contributed by atoms with Gasteiger partial charge in [0, 0.05) is 11.6 Å². The Balaban J connectivity index is 2.08. The monoisotopic (exact) mass is 405 g/mol. The molecule has 0 aliphatic rings. The first kappa shape index (κ1) is 21.8. The fraction of sp³-hybridized carbons (Fsp3) is 0.368. The predicted octanol–water partition coefficient (Wildman–Crippen LogP) is 3.03. The molecule has 2 rings (SSSR count). The van der Waals surface area contributed by atoms with E-state index in [1.165, 1.54) is 12.4 Å². The number of carbonyl (C=O) groups excluding carboxylic acids is 1. The van der Waals surface area contributed by atoms with Gasteiger partial charge < -0.3 is 15.8 Å². The van der Waals surface area contributed by atoms with Crippen LogP contribution in [0.2, 0.25) is 0 Å². The molecule has 1 unspecified atom stereocenters. The van der Waals surface area contributed by atoms with E-state index in [9.17, 15) is 9.18 Å². The highest BCUT2D eigenvalue weighted by molar-refractivity contribution is 7.99. The maximum atomic E-state index is 12.4. The third kappa shape index (κ3) is 6.00.